The Morgan fingerprint density at radius 3 is 2.67 bits per heavy atom. The van der Waals surface area contributed by atoms with Gasteiger partial charge in [0.15, 0.2) is 5.17 Å². The third-order valence-electron chi connectivity index (χ3n) is 4.29. The summed E-state index contributed by atoms with van der Waals surface area (Å²) >= 11 is 4.84. The van der Waals surface area contributed by atoms with Crippen molar-refractivity contribution in [2.45, 2.75) is 6.54 Å². The lowest BCUT2D eigenvalue weighted by Crippen LogP contribution is -2.28. The Kier molecular flexibility index (Phi) is 5.36. The molecule has 134 valence electrons. The molecule has 1 aliphatic heterocycles. The lowest BCUT2D eigenvalue weighted by Gasteiger charge is -2.16. The topological polar surface area (TPSA) is 45.0 Å². The Morgan fingerprint density at radius 2 is 1.81 bits per heavy atom. The standard InChI is InChI=1S/C21H16BrN3OS/c22-18-10-8-15(9-11-18)12-23-24-21-25(20(26)14-27-21)13-17-6-3-5-16-4-1-2-7-19(16)17/h1-12H,13-14H2/b23-12-,24-21+. The minimum atomic E-state index is 0.0607. The van der Waals surface area contributed by atoms with E-state index in [4.69, 9.17) is 0 Å². The number of halogens is 1. The average Bonchev–Trinajstić information content (AvgIpc) is 3.03. The summed E-state index contributed by atoms with van der Waals surface area (Å²) in [7, 11) is 0. The monoisotopic (exact) mass is 437 g/mol. The highest BCUT2D eigenvalue weighted by molar-refractivity contribution is 9.10. The Bertz CT molecular complexity index is 1040. The molecule has 1 heterocycles. The number of carbonyl (C=O) groups excluding carboxylic acids is 1. The lowest BCUT2D eigenvalue weighted by atomic mass is 10.0. The molecule has 1 aliphatic rings. The molecule has 3 aromatic rings. The van der Waals surface area contributed by atoms with E-state index in [1.807, 2.05) is 42.5 Å². The average molecular weight is 438 g/mol. The van der Waals surface area contributed by atoms with Crippen LogP contribution in [0.3, 0.4) is 0 Å². The van der Waals surface area contributed by atoms with Gasteiger partial charge < -0.3 is 0 Å². The van der Waals surface area contributed by atoms with Gasteiger partial charge in [0.05, 0.1) is 18.5 Å². The number of nitrogens with zero attached hydrogens (tertiary/aromatic N) is 3. The van der Waals surface area contributed by atoms with Crippen LogP contribution < -0.4 is 0 Å². The molecule has 0 spiro atoms. The van der Waals surface area contributed by atoms with Crippen molar-refractivity contribution in [3.8, 4) is 0 Å². The highest BCUT2D eigenvalue weighted by atomic mass is 79.9. The van der Waals surface area contributed by atoms with Crippen LogP contribution in [-0.4, -0.2) is 27.9 Å². The fourth-order valence-corrected chi connectivity index (χ4v) is 4.02. The van der Waals surface area contributed by atoms with Gasteiger partial charge in [-0.1, -0.05) is 82.3 Å². The number of fused-ring (bicyclic) bond motifs is 1. The van der Waals surface area contributed by atoms with Gasteiger partial charge >= 0.3 is 0 Å². The van der Waals surface area contributed by atoms with E-state index in [0.717, 1.165) is 21.0 Å². The van der Waals surface area contributed by atoms with Crippen LogP contribution in [0, 0.1) is 0 Å². The summed E-state index contributed by atoms with van der Waals surface area (Å²) in [6, 6.07) is 22.2. The van der Waals surface area contributed by atoms with E-state index in [1.54, 1.807) is 11.1 Å². The van der Waals surface area contributed by atoms with Gasteiger partial charge in [0, 0.05) is 4.47 Å². The quantitative estimate of drug-likeness (QED) is 0.422. The van der Waals surface area contributed by atoms with E-state index >= 15 is 0 Å². The predicted molar refractivity (Wildman–Crippen MR) is 116 cm³/mol. The van der Waals surface area contributed by atoms with Crippen molar-refractivity contribution in [1.82, 2.24) is 4.90 Å². The van der Waals surface area contributed by atoms with Crippen molar-refractivity contribution in [3.63, 3.8) is 0 Å². The van der Waals surface area contributed by atoms with E-state index in [2.05, 4.69) is 50.4 Å². The molecule has 1 saturated heterocycles. The fraction of sp³-hybridized carbons (Fsp3) is 0.0952. The third kappa shape index (κ3) is 4.12. The van der Waals surface area contributed by atoms with Gasteiger partial charge in [0.1, 0.15) is 0 Å². The highest BCUT2D eigenvalue weighted by Gasteiger charge is 2.28. The molecule has 0 atom stereocenters. The van der Waals surface area contributed by atoms with E-state index in [9.17, 15) is 4.79 Å². The number of hydrogen-bond donors (Lipinski definition) is 0. The number of thioether (sulfide) groups is 1. The maximum absolute atomic E-state index is 12.4. The van der Waals surface area contributed by atoms with Crippen LogP contribution in [0.25, 0.3) is 10.8 Å². The van der Waals surface area contributed by atoms with Crippen molar-refractivity contribution in [2.24, 2.45) is 10.2 Å². The molecule has 0 aliphatic carbocycles. The van der Waals surface area contributed by atoms with Gasteiger partial charge in [-0.05, 0) is 34.0 Å². The van der Waals surface area contributed by atoms with Gasteiger partial charge in [-0.25, -0.2) is 0 Å². The number of rotatable bonds is 4. The lowest BCUT2D eigenvalue weighted by molar-refractivity contribution is -0.124. The minimum absolute atomic E-state index is 0.0607. The minimum Gasteiger partial charge on any atom is -0.285 e. The molecule has 1 fully saturated rings. The number of amides is 1. The highest BCUT2D eigenvalue weighted by Crippen LogP contribution is 2.25. The van der Waals surface area contributed by atoms with Crippen LogP contribution in [-0.2, 0) is 11.3 Å². The molecule has 27 heavy (non-hydrogen) atoms. The first-order valence-corrected chi connectivity index (χ1v) is 10.2. The molecular formula is C21H16BrN3OS. The Hall–Kier alpha value is -2.44. The first-order valence-electron chi connectivity index (χ1n) is 8.47. The Morgan fingerprint density at radius 1 is 1.04 bits per heavy atom. The number of amidine groups is 1. The molecule has 0 bridgehead atoms. The van der Waals surface area contributed by atoms with Crippen molar-refractivity contribution in [3.05, 3.63) is 82.3 Å². The molecule has 1 amide bonds. The van der Waals surface area contributed by atoms with Gasteiger partial charge in [0.2, 0.25) is 5.91 Å². The molecule has 0 saturated carbocycles. The maximum Gasteiger partial charge on any atom is 0.239 e. The SMILES string of the molecule is O=C1CS/C(=N/N=C\c2ccc(Br)cc2)N1Cc1cccc2ccccc12. The molecule has 6 heteroatoms. The summed E-state index contributed by atoms with van der Waals surface area (Å²) in [5.74, 6) is 0.461. The zero-order valence-corrected chi connectivity index (χ0v) is 16.8. The number of benzene rings is 3. The maximum atomic E-state index is 12.4. The van der Waals surface area contributed by atoms with Crippen LogP contribution in [0.2, 0.25) is 0 Å². The van der Waals surface area contributed by atoms with Crippen molar-refractivity contribution in [1.29, 1.82) is 0 Å². The first-order chi connectivity index (χ1) is 13.2. The molecule has 0 unspecified atom stereocenters. The second kappa shape index (κ2) is 8.06. The molecular weight excluding hydrogens is 422 g/mol. The zero-order valence-electron chi connectivity index (χ0n) is 14.4. The zero-order chi connectivity index (χ0) is 18.6. The molecule has 4 rings (SSSR count). The summed E-state index contributed by atoms with van der Waals surface area (Å²) < 4.78 is 1.02. The van der Waals surface area contributed by atoms with E-state index in [1.165, 1.54) is 17.1 Å². The second-order valence-electron chi connectivity index (χ2n) is 6.09. The predicted octanol–water partition coefficient (Wildman–Crippen LogP) is 5.07. The van der Waals surface area contributed by atoms with Crippen LogP contribution >= 0.6 is 27.7 Å². The largest absolute Gasteiger partial charge is 0.285 e. The number of carbonyl (C=O) groups is 1. The number of hydrogen-bond acceptors (Lipinski definition) is 4. The Labute approximate surface area is 170 Å². The van der Waals surface area contributed by atoms with Gasteiger partial charge in [0.25, 0.3) is 0 Å². The fourth-order valence-electron chi connectivity index (χ4n) is 2.92. The van der Waals surface area contributed by atoms with Crippen molar-refractivity contribution >= 4 is 55.8 Å². The van der Waals surface area contributed by atoms with E-state index in [-0.39, 0.29) is 5.91 Å². The molecule has 0 radical (unpaired) electrons. The van der Waals surface area contributed by atoms with Crippen LogP contribution in [0.15, 0.2) is 81.4 Å². The third-order valence-corrected chi connectivity index (χ3v) is 5.77. The van der Waals surface area contributed by atoms with Crippen LogP contribution in [0.5, 0.6) is 0 Å². The summed E-state index contributed by atoms with van der Waals surface area (Å²) in [5, 5.41) is 11.4. The first kappa shape index (κ1) is 17.9. The molecule has 3 aromatic carbocycles. The Balaban J connectivity index is 1.57. The smallest absolute Gasteiger partial charge is 0.239 e. The summed E-state index contributed by atoms with van der Waals surface area (Å²) in [4.78, 5) is 14.1. The van der Waals surface area contributed by atoms with Crippen LogP contribution in [0.1, 0.15) is 11.1 Å². The summed E-state index contributed by atoms with van der Waals surface area (Å²) in [6.45, 7) is 0.500. The molecule has 4 nitrogen and oxygen atoms in total. The van der Waals surface area contributed by atoms with Crippen molar-refractivity contribution in [2.75, 3.05) is 5.75 Å². The van der Waals surface area contributed by atoms with E-state index < -0.39 is 0 Å². The normalized spacial score (nSPS) is 16.1. The van der Waals surface area contributed by atoms with Crippen LogP contribution in [0.4, 0.5) is 0 Å². The van der Waals surface area contributed by atoms with Crippen molar-refractivity contribution < 1.29 is 4.79 Å². The van der Waals surface area contributed by atoms with Gasteiger partial charge in [-0.2, -0.15) is 5.10 Å². The molecule has 0 aromatic heterocycles. The van der Waals surface area contributed by atoms with Gasteiger partial charge in [-0.15, -0.1) is 5.10 Å². The summed E-state index contributed by atoms with van der Waals surface area (Å²) in [6.07, 6.45) is 1.69. The van der Waals surface area contributed by atoms with E-state index in [0.29, 0.717) is 17.5 Å². The van der Waals surface area contributed by atoms with Gasteiger partial charge in [-0.3, -0.25) is 9.69 Å². The second-order valence-corrected chi connectivity index (χ2v) is 7.94. The molecule has 0 N–H and O–H groups in total. The summed E-state index contributed by atoms with van der Waals surface area (Å²) in [5.41, 5.74) is 2.06.